The van der Waals surface area contributed by atoms with Crippen molar-refractivity contribution < 1.29 is 4.74 Å². The fourth-order valence-corrected chi connectivity index (χ4v) is 4.11. The van der Waals surface area contributed by atoms with Gasteiger partial charge in [0.25, 0.3) is 0 Å². The van der Waals surface area contributed by atoms with Crippen molar-refractivity contribution in [3.8, 4) is 11.8 Å². The fourth-order valence-electron chi connectivity index (χ4n) is 4.11. The zero-order valence-corrected chi connectivity index (χ0v) is 16.0. The highest BCUT2D eigenvalue weighted by atomic mass is 16.5. The Morgan fingerprint density at radius 1 is 1.04 bits per heavy atom. The predicted octanol–water partition coefficient (Wildman–Crippen LogP) is 4.07. The highest BCUT2D eigenvalue weighted by Crippen LogP contribution is 2.20. The van der Waals surface area contributed by atoms with E-state index in [1.165, 1.54) is 50.9 Å². The third-order valence-electron chi connectivity index (χ3n) is 5.58. The van der Waals surface area contributed by atoms with Crippen LogP contribution in [0.4, 0.5) is 0 Å². The van der Waals surface area contributed by atoms with Crippen molar-refractivity contribution >= 4 is 0 Å². The number of nitrogens with zero attached hydrogens (tertiary/aromatic N) is 3. The summed E-state index contributed by atoms with van der Waals surface area (Å²) in [6, 6.07) is 10.9. The molecule has 2 heterocycles. The highest BCUT2D eigenvalue weighted by molar-refractivity contribution is 5.28. The summed E-state index contributed by atoms with van der Waals surface area (Å²) in [6.45, 7) is 7.51. The molecule has 1 aromatic rings. The van der Waals surface area contributed by atoms with Gasteiger partial charge in [-0.25, -0.2) is 0 Å². The first kappa shape index (κ1) is 19.2. The van der Waals surface area contributed by atoms with Gasteiger partial charge in [0.05, 0.1) is 18.6 Å². The van der Waals surface area contributed by atoms with Crippen LogP contribution in [0.25, 0.3) is 0 Å². The maximum absolute atomic E-state index is 9.14. The van der Waals surface area contributed by atoms with E-state index in [2.05, 4.69) is 40.1 Å². The normalized spacial score (nSPS) is 22.0. The number of rotatable bonds is 8. The average Bonchev–Trinajstić information content (AvgIpc) is 2.69. The van der Waals surface area contributed by atoms with Crippen molar-refractivity contribution in [1.82, 2.24) is 9.80 Å². The van der Waals surface area contributed by atoms with Crippen LogP contribution >= 0.6 is 0 Å². The molecule has 3 rings (SSSR count). The number of ether oxygens (including phenoxy) is 1. The van der Waals surface area contributed by atoms with Gasteiger partial charge in [0.2, 0.25) is 0 Å². The smallest absolute Gasteiger partial charge is 0.119 e. The summed E-state index contributed by atoms with van der Waals surface area (Å²) in [5, 5.41) is 9.14. The molecule has 0 bridgehead atoms. The Morgan fingerprint density at radius 3 is 2.73 bits per heavy atom. The molecule has 0 aliphatic carbocycles. The minimum atomic E-state index is 0.197. The molecule has 2 aliphatic rings. The number of hydrogen-bond acceptors (Lipinski definition) is 4. The maximum atomic E-state index is 9.14. The summed E-state index contributed by atoms with van der Waals surface area (Å²) in [5.41, 5.74) is 1.29. The molecule has 1 unspecified atom stereocenters. The molecule has 0 N–H and O–H groups in total. The quantitative estimate of drug-likeness (QED) is 0.659. The Balaban J connectivity index is 1.36. The molecule has 0 saturated carbocycles. The number of piperidine rings is 2. The summed E-state index contributed by atoms with van der Waals surface area (Å²) in [6.07, 6.45) is 8.67. The summed E-state index contributed by atoms with van der Waals surface area (Å²) in [4.78, 5) is 4.99. The van der Waals surface area contributed by atoms with Gasteiger partial charge in [-0.2, -0.15) is 5.26 Å². The van der Waals surface area contributed by atoms with Crippen molar-refractivity contribution in [2.75, 3.05) is 39.3 Å². The molecular weight excluding hydrogens is 322 g/mol. The summed E-state index contributed by atoms with van der Waals surface area (Å²) in [5.74, 6) is 1.18. The van der Waals surface area contributed by atoms with E-state index in [0.29, 0.717) is 0 Å². The minimum absolute atomic E-state index is 0.197. The summed E-state index contributed by atoms with van der Waals surface area (Å²) < 4.78 is 5.98. The van der Waals surface area contributed by atoms with Gasteiger partial charge in [0.15, 0.2) is 0 Å². The molecular formula is C22H33N3O. The van der Waals surface area contributed by atoms with Gasteiger partial charge in [-0.05, 0) is 82.4 Å². The molecule has 0 spiro atoms. The summed E-state index contributed by atoms with van der Waals surface area (Å²) >= 11 is 0. The van der Waals surface area contributed by atoms with E-state index in [-0.39, 0.29) is 5.92 Å². The number of unbranched alkanes of at least 4 members (excludes halogenated alkanes) is 1. The van der Waals surface area contributed by atoms with Crippen LogP contribution in [0.3, 0.4) is 0 Å². The first-order chi connectivity index (χ1) is 12.8. The van der Waals surface area contributed by atoms with Crippen LogP contribution in [0.15, 0.2) is 24.3 Å². The van der Waals surface area contributed by atoms with Crippen LogP contribution in [0.2, 0.25) is 0 Å². The molecule has 0 aromatic heterocycles. The molecule has 1 atom stereocenters. The van der Waals surface area contributed by atoms with E-state index in [1.54, 1.807) is 0 Å². The van der Waals surface area contributed by atoms with Crippen molar-refractivity contribution in [3.05, 3.63) is 29.8 Å². The lowest BCUT2D eigenvalue weighted by molar-refractivity contribution is 0.192. The fraction of sp³-hybridized carbons (Fsp3) is 0.682. The van der Waals surface area contributed by atoms with E-state index in [0.717, 1.165) is 51.3 Å². The lowest BCUT2D eigenvalue weighted by atomic mass is 9.99. The van der Waals surface area contributed by atoms with Crippen molar-refractivity contribution in [2.24, 2.45) is 5.92 Å². The van der Waals surface area contributed by atoms with E-state index in [1.807, 2.05) is 0 Å². The van der Waals surface area contributed by atoms with Crippen molar-refractivity contribution in [3.63, 3.8) is 0 Å². The molecule has 1 aromatic carbocycles. The molecule has 2 fully saturated rings. The highest BCUT2D eigenvalue weighted by Gasteiger charge is 2.19. The van der Waals surface area contributed by atoms with Crippen LogP contribution in [0.5, 0.6) is 5.75 Å². The van der Waals surface area contributed by atoms with Gasteiger partial charge in [-0.1, -0.05) is 18.6 Å². The van der Waals surface area contributed by atoms with E-state index >= 15 is 0 Å². The van der Waals surface area contributed by atoms with Crippen molar-refractivity contribution in [1.29, 1.82) is 5.26 Å². The second kappa shape index (κ2) is 10.5. The number of likely N-dealkylation sites (tertiary alicyclic amines) is 2. The number of benzene rings is 1. The minimum Gasteiger partial charge on any atom is -0.494 e. The van der Waals surface area contributed by atoms with Crippen LogP contribution < -0.4 is 4.74 Å². The third kappa shape index (κ3) is 6.30. The number of hydrogen-bond donors (Lipinski definition) is 0. The number of nitriles is 1. The standard InChI is InChI=1S/C22H33N3O/c23-17-21-9-7-14-25(19-21)18-20-8-6-10-22(16-20)26-15-5-4-13-24-11-2-1-3-12-24/h6,8,10,16,21H,1-5,7,9,11-15,18-19H2. The van der Waals surface area contributed by atoms with Gasteiger partial charge in [-0.3, -0.25) is 4.90 Å². The summed E-state index contributed by atoms with van der Waals surface area (Å²) in [7, 11) is 0. The van der Waals surface area contributed by atoms with Gasteiger partial charge >= 0.3 is 0 Å². The second-order valence-corrected chi connectivity index (χ2v) is 7.81. The SMILES string of the molecule is N#CC1CCCN(Cc2cccc(OCCCCN3CCCCC3)c2)C1. The lowest BCUT2D eigenvalue weighted by Gasteiger charge is -2.29. The van der Waals surface area contributed by atoms with Crippen LogP contribution in [-0.4, -0.2) is 49.1 Å². The Kier molecular flexibility index (Phi) is 7.79. The largest absolute Gasteiger partial charge is 0.494 e. The van der Waals surface area contributed by atoms with E-state index in [4.69, 9.17) is 10.00 Å². The van der Waals surface area contributed by atoms with Crippen LogP contribution in [0.1, 0.15) is 50.5 Å². The van der Waals surface area contributed by atoms with Gasteiger partial charge in [0, 0.05) is 13.1 Å². The third-order valence-corrected chi connectivity index (χ3v) is 5.58. The molecule has 142 valence electrons. The molecule has 2 saturated heterocycles. The predicted molar refractivity (Wildman–Crippen MR) is 105 cm³/mol. The molecule has 2 aliphatic heterocycles. The first-order valence-corrected chi connectivity index (χ1v) is 10.4. The molecule has 0 radical (unpaired) electrons. The molecule has 26 heavy (non-hydrogen) atoms. The lowest BCUT2D eigenvalue weighted by Crippen LogP contribution is -2.34. The van der Waals surface area contributed by atoms with Crippen LogP contribution in [0, 0.1) is 17.2 Å². The topological polar surface area (TPSA) is 39.5 Å². The Bertz CT molecular complexity index is 577. The molecule has 0 amide bonds. The molecule has 4 heteroatoms. The second-order valence-electron chi connectivity index (χ2n) is 7.81. The maximum Gasteiger partial charge on any atom is 0.119 e. The van der Waals surface area contributed by atoms with E-state index in [9.17, 15) is 0 Å². The average molecular weight is 356 g/mol. The van der Waals surface area contributed by atoms with Gasteiger partial charge in [0.1, 0.15) is 5.75 Å². The van der Waals surface area contributed by atoms with E-state index < -0.39 is 0 Å². The Labute approximate surface area is 158 Å². The molecule has 4 nitrogen and oxygen atoms in total. The zero-order chi connectivity index (χ0) is 18.0. The van der Waals surface area contributed by atoms with Crippen molar-refractivity contribution in [2.45, 2.75) is 51.5 Å². The zero-order valence-electron chi connectivity index (χ0n) is 16.0. The van der Waals surface area contributed by atoms with Crippen LogP contribution in [-0.2, 0) is 6.54 Å². The first-order valence-electron chi connectivity index (χ1n) is 10.4. The van der Waals surface area contributed by atoms with Gasteiger partial charge < -0.3 is 9.64 Å². The Morgan fingerprint density at radius 2 is 1.88 bits per heavy atom. The Hall–Kier alpha value is -1.57. The monoisotopic (exact) mass is 355 g/mol. The van der Waals surface area contributed by atoms with Gasteiger partial charge in [-0.15, -0.1) is 0 Å².